The van der Waals surface area contributed by atoms with Gasteiger partial charge in [-0.25, -0.2) is 4.98 Å². The van der Waals surface area contributed by atoms with Crippen LogP contribution in [0.5, 0.6) is 0 Å². The van der Waals surface area contributed by atoms with Gasteiger partial charge in [0.05, 0.1) is 11.8 Å². The average molecular weight is 297 g/mol. The van der Waals surface area contributed by atoms with Crippen LogP contribution in [-0.2, 0) is 11.3 Å². The largest absolute Gasteiger partial charge is 0.377 e. The minimum absolute atomic E-state index is 0.134. The summed E-state index contributed by atoms with van der Waals surface area (Å²) in [5.41, 5.74) is 1.27. The summed E-state index contributed by atoms with van der Waals surface area (Å²) in [6.07, 6.45) is 2.74. The van der Waals surface area contributed by atoms with E-state index in [0.717, 1.165) is 37.1 Å². The molecule has 0 amide bonds. The number of aromatic nitrogens is 1. The third kappa shape index (κ3) is 4.72. The van der Waals surface area contributed by atoms with Gasteiger partial charge in [-0.1, -0.05) is 0 Å². The van der Waals surface area contributed by atoms with E-state index >= 15 is 0 Å². The molecule has 1 aromatic heterocycles. The van der Waals surface area contributed by atoms with Crippen molar-refractivity contribution in [2.24, 2.45) is 0 Å². The van der Waals surface area contributed by atoms with Crippen molar-refractivity contribution >= 4 is 16.5 Å². The van der Waals surface area contributed by atoms with E-state index in [1.165, 1.54) is 12.8 Å². The number of rotatable bonds is 5. The highest BCUT2D eigenvalue weighted by atomic mass is 32.1. The van der Waals surface area contributed by atoms with Crippen molar-refractivity contribution in [2.75, 3.05) is 24.6 Å². The summed E-state index contributed by atoms with van der Waals surface area (Å²) in [5.74, 6) is 0. The van der Waals surface area contributed by atoms with Crippen molar-refractivity contribution < 1.29 is 4.74 Å². The Labute approximate surface area is 126 Å². The van der Waals surface area contributed by atoms with Crippen molar-refractivity contribution in [1.82, 2.24) is 10.3 Å². The van der Waals surface area contributed by atoms with Crippen molar-refractivity contribution in [2.45, 2.75) is 58.7 Å². The highest BCUT2D eigenvalue weighted by Crippen LogP contribution is 2.25. The van der Waals surface area contributed by atoms with Gasteiger partial charge in [0.1, 0.15) is 0 Å². The first-order chi connectivity index (χ1) is 9.48. The summed E-state index contributed by atoms with van der Waals surface area (Å²) in [5, 5.41) is 6.79. The Morgan fingerprint density at radius 1 is 1.50 bits per heavy atom. The van der Waals surface area contributed by atoms with Gasteiger partial charge in [-0.15, -0.1) is 11.3 Å². The standard InChI is InChI=1S/C15H27N3OS/c1-5-19-13-7-6-8-18(10-13)14-17-12(11-20-14)9-16-15(2,3)4/h11,13,16H,5-10H2,1-4H3. The van der Waals surface area contributed by atoms with Gasteiger partial charge in [0.25, 0.3) is 0 Å². The molecule has 1 aliphatic rings. The number of hydrogen-bond donors (Lipinski definition) is 1. The number of anilines is 1. The Bertz CT molecular complexity index is 411. The van der Waals surface area contributed by atoms with E-state index in [2.05, 4.69) is 43.3 Å². The molecule has 4 nitrogen and oxygen atoms in total. The van der Waals surface area contributed by atoms with Crippen molar-refractivity contribution in [1.29, 1.82) is 0 Å². The van der Waals surface area contributed by atoms with E-state index in [1.54, 1.807) is 11.3 Å². The first kappa shape index (κ1) is 15.7. The minimum atomic E-state index is 0.134. The topological polar surface area (TPSA) is 37.4 Å². The number of thiazole rings is 1. The molecule has 0 aromatic carbocycles. The molecule has 114 valence electrons. The Morgan fingerprint density at radius 3 is 3.00 bits per heavy atom. The lowest BCUT2D eigenvalue weighted by molar-refractivity contribution is 0.0526. The van der Waals surface area contributed by atoms with Crippen molar-refractivity contribution in [3.8, 4) is 0 Å². The Hall–Kier alpha value is -0.650. The Morgan fingerprint density at radius 2 is 2.30 bits per heavy atom. The summed E-state index contributed by atoms with van der Waals surface area (Å²) in [4.78, 5) is 7.13. The van der Waals surface area contributed by atoms with Gasteiger partial charge in [-0.2, -0.15) is 0 Å². The van der Waals surface area contributed by atoms with Gasteiger partial charge in [-0.3, -0.25) is 0 Å². The SMILES string of the molecule is CCOC1CCCN(c2nc(CNC(C)(C)C)cs2)C1. The van der Waals surface area contributed by atoms with Crippen LogP contribution in [0.3, 0.4) is 0 Å². The predicted octanol–water partition coefficient (Wildman–Crippen LogP) is 3.04. The fourth-order valence-corrected chi connectivity index (χ4v) is 3.22. The maximum atomic E-state index is 5.76. The fourth-order valence-electron chi connectivity index (χ4n) is 2.36. The summed E-state index contributed by atoms with van der Waals surface area (Å²) < 4.78 is 5.76. The van der Waals surface area contributed by atoms with E-state index in [9.17, 15) is 0 Å². The third-order valence-electron chi connectivity index (χ3n) is 3.39. The number of piperidine rings is 1. The molecule has 2 heterocycles. The summed E-state index contributed by atoms with van der Waals surface area (Å²) in [6, 6.07) is 0. The van der Waals surface area contributed by atoms with E-state index < -0.39 is 0 Å². The highest BCUT2D eigenvalue weighted by molar-refractivity contribution is 7.13. The lowest BCUT2D eigenvalue weighted by Gasteiger charge is -2.32. The van der Waals surface area contributed by atoms with Crippen LogP contribution in [0.4, 0.5) is 5.13 Å². The van der Waals surface area contributed by atoms with E-state index in [4.69, 9.17) is 9.72 Å². The molecule has 0 bridgehead atoms. The first-order valence-corrected chi connectivity index (χ1v) is 8.42. The van der Waals surface area contributed by atoms with Crippen LogP contribution in [0.15, 0.2) is 5.38 Å². The van der Waals surface area contributed by atoms with E-state index in [1.807, 2.05) is 0 Å². The maximum absolute atomic E-state index is 5.76. The highest BCUT2D eigenvalue weighted by Gasteiger charge is 2.22. The number of nitrogens with one attached hydrogen (secondary N) is 1. The summed E-state index contributed by atoms with van der Waals surface area (Å²) in [7, 11) is 0. The number of nitrogens with zero attached hydrogens (tertiary/aromatic N) is 2. The van der Waals surface area contributed by atoms with Gasteiger partial charge in [0.2, 0.25) is 0 Å². The van der Waals surface area contributed by atoms with E-state index in [0.29, 0.717) is 6.10 Å². The zero-order chi connectivity index (χ0) is 14.6. The van der Waals surface area contributed by atoms with Crippen LogP contribution in [0.1, 0.15) is 46.2 Å². The van der Waals surface area contributed by atoms with Crippen molar-refractivity contribution in [3.05, 3.63) is 11.1 Å². The molecule has 1 aromatic rings. The Kier molecular flexibility index (Phi) is 5.41. The van der Waals surface area contributed by atoms with E-state index in [-0.39, 0.29) is 5.54 Å². The van der Waals surface area contributed by atoms with Crippen LogP contribution in [0.25, 0.3) is 0 Å². The normalized spacial score (nSPS) is 20.4. The minimum Gasteiger partial charge on any atom is -0.377 e. The second-order valence-electron chi connectivity index (χ2n) is 6.39. The predicted molar refractivity (Wildman–Crippen MR) is 85.6 cm³/mol. The number of hydrogen-bond acceptors (Lipinski definition) is 5. The molecule has 1 N–H and O–H groups in total. The van der Waals surface area contributed by atoms with Gasteiger partial charge < -0.3 is 15.0 Å². The zero-order valence-electron chi connectivity index (χ0n) is 13.1. The smallest absolute Gasteiger partial charge is 0.185 e. The Balaban J connectivity index is 1.91. The molecule has 2 rings (SSSR count). The summed E-state index contributed by atoms with van der Waals surface area (Å²) >= 11 is 1.75. The molecule has 1 saturated heterocycles. The molecule has 1 atom stereocenters. The van der Waals surface area contributed by atoms with Crippen LogP contribution in [0.2, 0.25) is 0 Å². The molecule has 5 heteroatoms. The third-order valence-corrected chi connectivity index (χ3v) is 4.34. The average Bonchev–Trinajstić information content (AvgIpc) is 2.85. The van der Waals surface area contributed by atoms with Crippen LogP contribution >= 0.6 is 11.3 Å². The first-order valence-electron chi connectivity index (χ1n) is 7.54. The fraction of sp³-hybridized carbons (Fsp3) is 0.800. The lowest BCUT2D eigenvalue weighted by Crippen LogP contribution is -2.39. The molecule has 0 aliphatic carbocycles. The monoisotopic (exact) mass is 297 g/mol. The van der Waals surface area contributed by atoms with Gasteiger partial charge >= 0.3 is 0 Å². The lowest BCUT2D eigenvalue weighted by atomic mass is 10.1. The molecule has 0 spiro atoms. The molecular formula is C15H27N3OS. The van der Waals surface area contributed by atoms with Gasteiger partial charge in [0, 0.05) is 37.2 Å². The van der Waals surface area contributed by atoms with Gasteiger partial charge in [-0.05, 0) is 40.5 Å². The zero-order valence-corrected chi connectivity index (χ0v) is 13.9. The summed E-state index contributed by atoms with van der Waals surface area (Å²) in [6.45, 7) is 12.3. The molecule has 1 aliphatic heterocycles. The maximum Gasteiger partial charge on any atom is 0.185 e. The molecule has 0 radical (unpaired) electrons. The van der Waals surface area contributed by atoms with Crippen LogP contribution < -0.4 is 10.2 Å². The second kappa shape index (κ2) is 6.87. The number of ether oxygens (including phenoxy) is 1. The molecule has 1 unspecified atom stereocenters. The van der Waals surface area contributed by atoms with Crippen LogP contribution in [-0.4, -0.2) is 36.3 Å². The van der Waals surface area contributed by atoms with Crippen LogP contribution in [0, 0.1) is 0 Å². The quantitative estimate of drug-likeness (QED) is 0.906. The second-order valence-corrected chi connectivity index (χ2v) is 7.23. The van der Waals surface area contributed by atoms with Crippen molar-refractivity contribution in [3.63, 3.8) is 0 Å². The molecule has 1 fully saturated rings. The molecule has 20 heavy (non-hydrogen) atoms. The molecular weight excluding hydrogens is 270 g/mol. The van der Waals surface area contributed by atoms with Gasteiger partial charge in [0.15, 0.2) is 5.13 Å². The molecule has 0 saturated carbocycles.